The second kappa shape index (κ2) is 6.79. The molecular weight excluding hydrogens is 354 g/mol. The van der Waals surface area contributed by atoms with Crippen molar-refractivity contribution in [3.05, 3.63) is 44.6 Å². The Hall–Kier alpha value is -1.08. The molecule has 2 aromatic rings. The molecule has 3 rings (SSSR count). The molecule has 1 aromatic carbocycles. The van der Waals surface area contributed by atoms with E-state index in [4.69, 9.17) is 9.47 Å². The van der Waals surface area contributed by atoms with Gasteiger partial charge in [-0.3, -0.25) is 0 Å². The summed E-state index contributed by atoms with van der Waals surface area (Å²) in [4.78, 5) is 1.23. The van der Waals surface area contributed by atoms with Gasteiger partial charge in [-0.2, -0.15) is 0 Å². The van der Waals surface area contributed by atoms with Crippen LogP contribution in [0.2, 0.25) is 0 Å². The smallest absolute Gasteiger partial charge is 0.161 e. The van der Waals surface area contributed by atoms with Gasteiger partial charge >= 0.3 is 0 Å². The number of fused-ring (bicyclic) bond motifs is 1. The van der Waals surface area contributed by atoms with E-state index in [9.17, 15) is 5.11 Å². The minimum absolute atomic E-state index is 0.495. The average molecular weight is 370 g/mol. The molecule has 0 aliphatic carbocycles. The predicted molar refractivity (Wildman–Crippen MR) is 86.1 cm³/mol. The Balaban J connectivity index is 1.56. The monoisotopic (exact) mass is 369 g/mol. The third kappa shape index (κ3) is 3.77. The third-order valence-electron chi connectivity index (χ3n) is 3.22. The highest BCUT2D eigenvalue weighted by Crippen LogP contribution is 2.32. The molecule has 2 N–H and O–H groups in total. The van der Waals surface area contributed by atoms with Crippen molar-refractivity contribution < 1.29 is 14.6 Å². The van der Waals surface area contributed by atoms with Crippen molar-refractivity contribution in [3.63, 3.8) is 0 Å². The molecule has 1 unspecified atom stereocenters. The first-order valence-corrected chi connectivity index (χ1v) is 8.36. The average Bonchev–Trinajstić information content (AvgIpc) is 2.92. The first-order chi connectivity index (χ1) is 10.2. The van der Waals surface area contributed by atoms with Crippen LogP contribution in [0.4, 0.5) is 0 Å². The largest absolute Gasteiger partial charge is 0.486 e. The molecule has 0 bridgehead atoms. The molecule has 2 heterocycles. The Labute approximate surface area is 135 Å². The van der Waals surface area contributed by atoms with Gasteiger partial charge in [0.25, 0.3) is 0 Å². The predicted octanol–water partition coefficient (Wildman–Crippen LogP) is 3.11. The van der Waals surface area contributed by atoms with Gasteiger partial charge < -0.3 is 19.9 Å². The summed E-state index contributed by atoms with van der Waals surface area (Å²) in [7, 11) is 0. The maximum Gasteiger partial charge on any atom is 0.161 e. The summed E-state index contributed by atoms with van der Waals surface area (Å²) >= 11 is 5.13. The molecule has 0 amide bonds. The lowest BCUT2D eigenvalue weighted by Gasteiger charge is -2.20. The number of rotatable bonds is 5. The van der Waals surface area contributed by atoms with Gasteiger partial charge in [-0.25, -0.2) is 0 Å². The van der Waals surface area contributed by atoms with Gasteiger partial charge in [0.05, 0.1) is 9.89 Å². The van der Waals surface area contributed by atoms with E-state index < -0.39 is 6.10 Å². The van der Waals surface area contributed by atoms with Gasteiger partial charge in [-0.1, -0.05) is 6.07 Å². The maximum atomic E-state index is 10.2. The SMILES string of the molecule is OC(CNCc1ccc(Br)s1)c1ccc2c(c1)OCCO2. The zero-order valence-electron chi connectivity index (χ0n) is 11.3. The van der Waals surface area contributed by atoms with Crippen LogP contribution in [0, 0.1) is 0 Å². The summed E-state index contributed by atoms with van der Waals surface area (Å²) in [5.74, 6) is 1.45. The fourth-order valence-corrected chi connectivity index (χ4v) is 3.62. The van der Waals surface area contributed by atoms with E-state index in [0.29, 0.717) is 25.5 Å². The molecule has 0 saturated carbocycles. The molecule has 21 heavy (non-hydrogen) atoms. The summed E-state index contributed by atoms with van der Waals surface area (Å²) < 4.78 is 12.1. The van der Waals surface area contributed by atoms with E-state index in [1.54, 1.807) is 11.3 Å². The van der Waals surface area contributed by atoms with E-state index in [1.807, 2.05) is 24.3 Å². The number of hydrogen-bond donors (Lipinski definition) is 2. The van der Waals surface area contributed by atoms with Crippen molar-refractivity contribution in [2.24, 2.45) is 0 Å². The quantitative estimate of drug-likeness (QED) is 0.849. The Morgan fingerprint density at radius 1 is 1.19 bits per heavy atom. The molecule has 1 aromatic heterocycles. The Bertz CT molecular complexity index is 617. The van der Waals surface area contributed by atoms with Crippen molar-refractivity contribution in [2.45, 2.75) is 12.6 Å². The zero-order valence-corrected chi connectivity index (χ0v) is 13.7. The number of aliphatic hydroxyl groups is 1. The highest BCUT2D eigenvalue weighted by molar-refractivity contribution is 9.11. The molecule has 0 fully saturated rings. The van der Waals surface area contributed by atoms with Crippen LogP contribution in [0.15, 0.2) is 34.1 Å². The van der Waals surface area contributed by atoms with Gasteiger partial charge in [0, 0.05) is 18.0 Å². The van der Waals surface area contributed by atoms with Crippen LogP contribution in [0.25, 0.3) is 0 Å². The Morgan fingerprint density at radius 2 is 2.00 bits per heavy atom. The number of ether oxygens (including phenoxy) is 2. The minimum atomic E-state index is -0.566. The summed E-state index contributed by atoms with van der Waals surface area (Å²) in [6, 6.07) is 9.67. The summed E-state index contributed by atoms with van der Waals surface area (Å²) in [5, 5.41) is 13.5. The lowest BCUT2D eigenvalue weighted by molar-refractivity contribution is 0.163. The third-order valence-corrected chi connectivity index (χ3v) is 4.84. The van der Waals surface area contributed by atoms with Crippen LogP contribution in [0.5, 0.6) is 11.5 Å². The number of nitrogens with one attached hydrogen (secondary N) is 1. The first-order valence-electron chi connectivity index (χ1n) is 6.75. The summed E-state index contributed by atoms with van der Waals surface area (Å²) in [6.07, 6.45) is -0.566. The molecule has 0 spiro atoms. The van der Waals surface area contributed by atoms with E-state index in [2.05, 4.69) is 27.3 Å². The molecule has 0 radical (unpaired) electrons. The van der Waals surface area contributed by atoms with E-state index in [1.165, 1.54) is 4.88 Å². The number of hydrogen-bond acceptors (Lipinski definition) is 5. The second-order valence-electron chi connectivity index (χ2n) is 4.76. The topological polar surface area (TPSA) is 50.7 Å². The lowest BCUT2D eigenvalue weighted by Crippen LogP contribution is -2.21. The number of aliphatic hydroxyl groups excluding tert-OH is 1. The fourth-order valence-electron chi connectivity index (χ4n) is 2.16. The van der Waals surface area contributed by atoms with Crippen molar-refractivity contribution in [3.8, 4) is 11.5 Å². The fraction of sp³-hybridized carbons (Fsp3) is 0.333. The first kappa shape index (κ1) is 14.8. The van der Waals surface area contributed by atoms with Crippen molar-refractivity contribution in [2.75, 3.05) is 19.8 Å². The van der Waals surface area contributed by atoms with Gasteiger partial charge in [0.1, 0.15) is 13.2 Å². The normalized spacial score (nSPS) is 15.0. The van der Waals surface area contributed by atoms with E-state index in [-0.39, 0.29) is 0 Å². The molecule has 1 aliphatic rings. The number of halogens is 1. The standard InChI is InChI=1S/C15H16BrNO3S/c16-15-4-2-11(21-15)8-17-9-12(18)10-1-3-13-14(7-10)20-6-5-19-13/h1-4,7,12,17-18H,5-6,8-9H2. The van der Waals surface area contributed by atoms with Gasteiger partial charge in [0.2, 0.25) is 0 Å². The van der Waals surface area contributed by atoms with Gasteiger partial charge in [-0.15, -0.1) is 11.3 Å². The molecule has 1 atom stereocenters. The van der Waals surface area contributed by atoms with E-state index >= 15 is 0 Å². The molecular formula is C15H16BrNO3S. The van der Waals surface area contributed by atoms with Crippen LogP contribution < -0.4 is 14.8 Å². The minimum Gasteiger partial charge on any atom is -0.486 e. The Kier molecular flexibility index (Phi) is 4.80. The number of benzene rings is 1. The van der Waals surface area contributed by atoms with Crippen molar-refractivity contribution in [1.82, 2.24) is 5.32 Å². The zero-order chi connectivity index (χ0) is 14.7. The van der Waals surface area contributed by atoms with E-state index in [0.717, 1.165) is 21.6 Å². The van der Waals surface area contributed by atoms with Crippen LogP contribution in [-0.4, -0.2) is 24.9 Å². The molecule has 1 aliphatic heterocycles. The van der Waals surface area contributed by atoms with Crippen LogP contribution >= 0.6 is 27.3 Å². The molecule has 112 valence electrons. The summed E-state index contributed by atoms with van der Waals surface area (Å²) in [5.41, 5.74) is 0.833. The maximum absolute atomic E-state index is 10.2. The second-order valence-corrected chi connectivity index (χ2v) is 7.30. The van der Waals surface area contributed by atoms with Crippen molar-refractivity contribution >= 4 is 27.3 Å². The molecule has 4 nitrogen and oxygen atoms in total. The highest BCUT2D eigenvalue weighted by Gasteiger charge is 2.15. The van der Waals surface area contributed by atoms with Crippen LogP contribution in [0.3, 0.4) is 0 Å². The molecule has 0 saturated heterocycles. The van der Waals surface area contributed by atoms with Crippen LogP contribution in [0.1, 0.15) is 16.5 Å². The Morgan fingerprint density at radius 3 is 2.76 bits per heavy atom. The molecule has 6 heteroatoms. The van der Waals surface area contributed by atoms with Gasteiger partial charge in [-0.05, 0) is 45.8 Å². The summed E-state index contributed by atoms with van der Waals surface area (Å²) in [6.45, 7) is 2.37. The highest BCUT2D eigenvalue weighted by atomic mass is 79.9. The van der Waals surface area contributed by atoms with Crippen molar-refractivity contribution in [1.29, 1.82) is 0 Å². The van der Waals surface area contributed by atoms with Crippen LogP contribution in [-0.2, 0) is 6.54 Å². The van der Waals surface area contributed by atoms with Gasteiger partial charge in [0.15, 0.2) is 11.5 Å². The lowest BCUT2D eigenvalue weighted by atomic mass is 10.1. The number of thiophene rings is 1.